The average molecular weight is 468 g/mol. The number of nitrogens with zero attached hydrogens (tertiary/aromatic N) is 3. The topological polar surface area (TPSA) is 56.3 Å². The molecule has 5 rings (SSSR count). The van der Waals surface area contributed by atoms with Crippen molar-refractivity contribution in [2.45, 2.75) is 50.8 Å². The zero-order valence-electron chi connectivity index (χ0n) is 19.8. The number of ether oxygens (including phenoxy) is 1. The van der Waals surface area contributed by atoms with E-state index < -0.39 is 6.10 Å². The highest BCUT2D eigenvalue weighted by Crippen LogP contribution is 2.35. The van der Waals surface area contributed by atoms with Crippen LogP contribution in [0.1, 0.15) is 36.8 Å². The van der Waals surface area contributed by atoms with Gasteiger partial charge >= 0.3 is 6.03 Å². The predicted molar refractivity (Wildman–Crippen MR) is 128 cm³/mol. The Morgan fingerprint density at radius 1 is 0.941 bits per heavy atom. The molecule has 2 saturated carbocycles. The lowest BCUT2D eigenvalue weighted by Gasteiger charge is -2.36. The van der Waals surface area contributed by atoms with Crippen molar-refractivity contribution in [2.75, 3.05) is 26.7 Å². The van der Waals surface area contributed by atoms with E-state index in [1.807, 2.05) is 39.2 Å². The Morgan fingerprint density at radius 2 is 1.56 bits per heavy atom. The molecule has 34 heavy (non-hydrogen) atoms. The molecule has 2 aromatic carbocycles. The number of rotatable bonds is 9. The summed E-state index contributed by atoms with van der Waals surface area (Å²) < 4.78 is 18.7. The Kier molecular flexibility index (Phi) is 6.75. The van der Waals surface area contributed by atoms with Crippen LogP contribution in [0.3, 0.4) is 0 Å². The Bertz CT molecular complexity index is 976. The summed E-state index contributed by atoms with van der Waals surface area (Å²) >= 11 is 0. The first-order valence-corrected chi connectivity index (χ1v) is 12.4. The molecule has 3 aliphatic rings. The number of hydrazine groups is 1. The van der Waals surface area contributed by atoms with Crippen LogP contribution in [0.2, 0.25) is 0 Å². The summed E-state index contributed by atoms with van der Waals surface area (Å²) in [5.41, 5.74) is 1.99. The zero-order chi connectivity index (χ0) is 23.7. The molecule has 1 N–H and O–H groups in total. The second kappa shape index (κ2) is 9.92. The van der Waals surface area contributed by atoms with Crippen molar-refractivity contribution in [2.24, 2.45) is 11.8 Å². The van der Waals surface area contributed by atoms with Crippen LogP contribution >= 0.6 is 0 Å². The summed E-state index contributed by atoms with van der Waals surface area (Å²) in [6, 6.07) is 13.9. The summed E-state index contributed by atoms with van der Waals surface area (Å²) in [7, 11) is 1.64. The van der Waals surface area contributed by atoms with Crippen LogP contribution in [0.5, 0.6) is 5.75 Å². The van der Waals surface area contributed by atoms with Gasteiger partial charge in [0.1, 0.15) is 11.6 Å². The minimum Gasteiger partial charge on any atom is -0.497 e. The Hall–Kier alpha value is -2.64. The van der Waals surface area contributed by atoms with E-state index in [1.165, 1.54) is 12.1 Å². The SMILES string of the molecule is COc1ccc(C[C@H]2[C@@H](O)CN(Cc3ccc(F)cc3)N(CC3CC3)C(=O)N2CC2CC2)cc1. The molecule has 6 nitrogen and oxygen atoms in total. The van der Waals surface area contributed by atoms with E-state index in [9.17, 15) is 14.3 Å². The maximum Gasteiger partial charge on any atom is 0.334 e. The van der Waals surface area contributed by atoms with E-state index >= 15 is 0 Å². The minimum atomic E-state index is -0.700. The maximum atomic E-state index is 14.0. The van der Waals surface area contributed by atoms with Gasteiger partial charge in [-0.25, -0.2) is 14.2 Å². The molecule has 182 valence electrons. The molecule has 0 bridgehead atoms. The largest absolute Gasteiger partial charge is 0.497 e. The lowest BCUT2D eigenvalue weighted by molar-refractivity contribution is -0.0184. The van der Waals surface area contributed by atoms with Crippen LogP contribution in [0.4, 0.5) is 9.18 Å². The average Bonchev–Trinajstić information content (AvgIpc) is 3.76. The normalized spacial score (nSPS) is 23.8. The van der Waals surface area contributed by atoms with E-state index in [0.29, 0.717) is 44.4 Å². The van der Waals surface area contributed by atoms with Crippen molar-refractivity contribution in [1.82, 2.24) is 14.9 Å². The fourth-order valence-corrected chi connectivity index (χ4v) is 4.79. The summed E-state index contributed by atoms with van der Waals surface area (Å²) in [4.78, 5) is 15.9. The van der Waals surface area contributed by atoms with E-state index in [1.54, 1.807) is 19.2 Å². The predicted octanol–water partition coefficient (Wildman–Crippen LogP) is 4.08. The molecule has 2 amide bonds. The zero-order valence-corrected chi connectivity index (χ0v) is 19.8. The summed E-state index contributed by atoms with van der Waals surface area (Å²) in [5.74, 6) is 1.54. The standard InChI is InChI=1S/C27H34FN3O3/c1-34-24-12-8-19(9-13-24)14-25-26(32)18-29(15-20-6-10-23(28)11-7-20)31(17-22-4-5-22)27(33)30(25)16-21-2-3-21/h6-13,21-22,25-26,32H,2-5,14-18H2,1H3/t25-,26-/m0/s1. The van der Waals surface area contributed by atoms with Gasteiger partial charge in [0.05, 0.1) is 19.3 Å². The highest BCUT2D eigenvalue weighted by Gasteiger charge is 2.43. The molecule has 1 heterocycles. The second-order valence-electron chi connectivity index (χ2n) is 10.1. The summed E-state index contributed by atoms with van der Waals surface area (Å²) in [6.45, 7) is 2.17. The van der Waals surface area contributed by atoms with Gasteiger partial charge in [0.2, 0.25) is 0 Å². The molecule has 0 radical (unpaired) electrons. The first-order valence-electron chi connectivity index (χ1n) is 12.4. The summed E-state index contributed by atoms with van der Waals surface area (Å²) in [6.07, 6.45) is 4.43. The van der Waals surface area contributed by atoms with Crippen LogP contribution in [0.15, 0.2) is 48.5 Å². The lowest BCUT2D eigenvalue weighted by atomic mass is 9.99. The van der Waals surface area contributed by atoms with E-state index in [2.05, 4.69) is 0 Å². The molecule has 7 heteroatoms. The first-order chi connectivity index (χ1) is 16.5. The lowest BCUT2D eigenvalue weighted by Crippen LogP contribution is -2.52. The fraction of sp³-hybridized carbons (Fsp3) is 0.519. The third-order valence-corrected chi connectivity index (χ3v) is 7.21. The third kappa shape index (κ3) is 5.53. The number of hydrogen-bond donors (Lipinski definition) is 1. The quantitative estimate of drug-likeness (QED) is 0.604. The van der Waals surface area contributed by atoms with Gasteiger partial charge in [0.25, 0.3) is 0 Å². The molecule has 2 atom stereocenters. The third-order valence-electron chi connectivity index (χ3n) is 7.21. The van der Waals surface area contributed by atoms with Crippen LogP contribution in [0, 0.1) is 17.7 Å². The molecule has 1 aliphatic heterocycles. The number of benzene rings is 2. The number of aliphatic hydroxyl groups excluding tert-OH is 1. The van der Waals surface area contributed by atoms with Crippen molar-refractivity contribution in [3.63, 3.8) is 0 Å². The number of β-amino-alcohol motifs (C(OH)–C–C–N with tert-alkyl or cyclic N) is 1. The van der Waals surface area contributed by atoms with Gasteiger partial charge in [-0.1, -0.05) is 24.3 Å². The van der Waals surface area contributed by atoms with E-state index in [0.717, 1.165) is 42.6 Å². The molecule has 2 aromatic rings. The van der Waals surface area contributed by atoms with Gasteiger partial charge in [0, 0.05) is 26.2 Å². The van der Waals surface area contributed by atoms with E-state index in [-0.39, 0.29) is 17.9 Å². The minimum absolute atomic E-state index is 0.0176. The smallest absolute Gasteiger partial charge is 0.334 e. The van der Waals surface area contributed by atoms with Gasteiger partial charge < -0.3 is 14.7 Å². The Labute approximate surface area is 200 Å². The van der Waals surface area contributed by atoms with E-state index in [4.69, 9.17) is 4.74 Å². The van der Waals surface area contributed by atoms with Crippen LogP contribution in [-0.2, 0) is 13.0 Å². The van der Waals surface area contributed by atoms with Gasteiger partial charge in [-0.3, -0.25) is 5.01 Å². The number of aliphatic hydroxyl groups is 1. The van der Waals surface area contributed by atoms with Crippen molar-refractivity contribution >= 4 is 6.03 Å². The maximum absolute atomic E-state index is 14.0. The molecule has 0 spiro atoms. The number of urea groups is 1. The number of amides is 2. The highest BCUT2D eigenvalue weighted by atomic mass is 19.1. The van der Waals surface area contributed by atoms with Crippen LogP contribution < -0.4 is 4.74 Å². The van der Waals surface area contributed by atoms with Crippen molar-refractivity contribution in [3.05, 3.63) is 65.5 Å². The molecule has 3 fully saturated rings. The van der Waals surface area contributed by atoms with Gasteiger partial charge in [-0.2, -0.15) is 0 Å². The highest BCUT2D eigenvalue weighted by molar-refractivity contribution is 5.75. The van der Waals surface area contributed by atoms with Crippen molar-refractivity contribution in [1.29, 1.82) is 0 Å². The van der Waals surface area contributed by atoms with Gasteiger partial charge in [-0.15, -0.1) is 0 Å². The molecule has 2 aliphatic carbocycles. The fourth-order valence-electron chi connectivity index (χ4n) is 4.79. The van der Waals surface area contributed by atoms with Crippen LogP contribution in [0.25, 0.3) is 0 Å². The molecular formula is C27H34FN3O3. The number of methoxy groups -OCH3 is 1. The van der Waals surface area contributed by atoms with Crippen molar-refractivity contribution in [3.8, 4) is 5.75 Å². The van der Waals surface area contributed by atoms with Crippen LogP contribution in [-0.4, -0.2) is 64.9 Å². The second-order valence-corrected chi connectivity index (χ2v) is 10.1. The number of halogens is 1. The first kappa shape index (κ1) is 23.1. The number of hydrogen-bond acceptors (Lipinski definition) is 4. The molecular weight excluding hydrogens is 433 g/mol. The van der Waals surface area contributed by atoms with Crippen molar-refractivity contribution < 1.29 is 19.0 Å². The number of carbonyl (C=O) groups is 1. The monoisotopic (exact) mass is 467 g/mol. The summed E-state index contributed by atoms with van der Waals surface area (Å²) in [5, 5.41) is 15.3. The number of carbonyl (C=O) groups excluding carboxylic acids is 1. The Morgan fingerprint density at radius 3 is 2.18 bits per heavy atom. The van der Waals surface area contributed by atoms with Gasteiger partial charge in [0.15, 0.2) is 0 Å². The molecule has 0 aromatic heterocycles. The molecule has 0 unspecified atom stereocenters. The molecule has 1 saturated heterocycles. The Balaban J connectivity index is 1.42. The van der Waals surface area contributed by atoms with Gasteiger partial charge in [-0.05, 0) is 79.3 Å².